The van der Waals surface area contributed by atoms with Gasteiger partial charge >= 0.3 is 0 Å². The van der Waals surface area contributed by atoms with E-state index in [0.29, 0.717) is 12.8 Å². The van der Waals surface area contributed by atoms with E-state index in [1.807, 2.05) is 48.5 Å². The van der Waals surface area contributed by atoms with Crippen LogP contribution in [0.25, 0.3) is 0 Å². The van der Waals surface area contributed by atoms with Crippen LogP contribution in [0.2, 0.25) is 0 Å². The molecule has 0 aromatic heterocycles. The molecule has 0 amide bonds. The van der Waals surface area contributed by atoms with Gasteiger partial charge in [-0.3, -0.25) is 0 Å². The van der Waals surface area contributed by atoms with Gasteiger partial charge < -0.3 is 0 Å². The predicted octanol–water partition coefficient (Wildman–Crippen LogP) is 3.84. The summed E-state index contributed by atoms with van der Waals surface area (Å²) in [7, 11) is -1.65. The molecule has 0 saturated heterocycles. The molecule has 26 heavy (non-hydrogen) atoms. The fourth-order valence-electron chi connectivity index (χ4n) is 1.88. The van der Waals surface area contributed by atoms with Crippen LogP contribution in [0.1, 0.15) is 11.1 Å². The van der Waals surface area contributed by atoms with Gasteiger partial charge in [-0.05, 0) is 48.2 Å². The first-order valence-corrected chi connectivity index (χ1v) is 13.1. The summed E-state index contributed by atoms with van der Waals surface area (Å²) >= 11 is 6.60. The van der Waals surface area contributed by atoms with Gasteiger partial charge in [-0.15, -0.1) is 0 Å². The normalized spacial score (nSPS) is 11.5. The van der Waals surface area contributed by atoms with Crippen LogP contribution in [0.3, 0.4) is 0 Å². The minimum atomic E-state index is -3.38. The lowest BCUT2D eigenvalue weighted by molar-refractivity contribution is 0.596. The van der Waals surface area contributed by atoms with Gasteiger partial charge in [-0.1, -0.05) is 56.1 Å². The molecule has 0 spiro atoms. The monoisotopic (exact) mass is 545 g/mol. The molecule has 2 N–H and O–H groups in total. The summed E-state index contributed by atoms with van der Waals surface area (Å²) in [6, 6.07) is 15.0. The van der Waals surface area contributed by atoms with Gasteiger partial charge in [0.15, 0.2) is 0 Å². The Morgan fingerprint density at radius 3 is 1.58 bits per heavy atom. The highest BCUT2D eigenvalue weighted by Crippen LogP contribution is 2.13. The highest BCUT2D eigenvalue weighted by Gasteiger charge is 2.05. The van der Waals surface area contributed by atoms with Crippen LogP contribution < -0.4 is 5.14 Å². The van der Waals surface area contributed by atoms with Crippen molar-refractivity contribution in [2.45, 2.75) is 12.8 Å². The lowest BCUT2D eigenvalue weighted by Crippen LogP contribution is -2.17. The summed E-state index contributed by atoms with van der Waals surface area (Å²) in [5, 5.41) is 4.88. The minimum absolute atomic E-state index is 0.0105. The first-order valence-electron chi connectivity index (χ1n) is 7.36. The molecule has 0 bridgehead atoms. The summed E-state index contributed by atoms with van der Waals surface area (Å²) in [6.45, 7) is 0. The lowest BCUT2D eigenvalue weighted by atomic mass is 10.2. The topological polar surface area (TPSA) is 94.3 Å². The second kappa shape index (κ2) is 10.8. The van der Waals surface area contributed by atoms with E-state index in [4.69, 9.17) is 15.8 Å². The number of nitrogens with two attached hydrogens (primary N) is 1. The Labute approximate surface area is 175 Å². The Morgan fingerprint density at radius 1 is 0.808 bits per heavy atom. The second-order valence-electron chi connectivity index (χ2n) is 5.37. The van der Waals surface area contributed by atoms with Gasteiger partial charge in [0.1, 0.15) is 0 Å². The SMILES string of the molecule is NS(=O)(=O)CCc1cccc(Br)c1.O=S(=O)(Cl)CCc1cccc(Br)c1. The molecule has 2 rings (SSSR count). The van der Waals surface area contributed by atoms with Crippen molar-refractivity contribution in [1.82, 2.24) is 0 Å². The Morgan fingerprint density at radius 2 is 1.23 bits per heavy atom. The van der Waals surface area contributed by atoms with E-state index in [9.17, 15) is 16.8 Å². The third-order valence-corrected chi connectivity index (χ3v) is 6.00. The summed E-state index contributed by atoms with van der Waals surface area (Å²) in [6.07, 6.45) is 0.906. The van der Waals surface area contributed by atoms with Gasteiger partial charge in [0.05, 0.1) is 11.5 Å². The molecule has 2 aromatic carbocycles. The largest absolute Gasteiger partial charge is 0.232 e. The molecule has 0 fully saturated rings. The van der Waals surface area contributed by atoms with Crippen molar-refractivity contribution in [2.24, 2.45) is 5.14 Å². The van der Waals surface area contributed by atoms with Crippen molar-refractivity contribution in [3.8, 4) is 0 Å². The summed E-state index contributed by atoms with van der Waals surface area (Å²) in [5.74, 6) is -0.0333. The average Bonchev–Trinajstić information content (AvgIpc) is 2.51. The molecule has 0 aliphatic rings. The predicted molar refractivity (Wildman–Crippen MR) is 113 cm³/mol. The fraction of sp³-hybridized carbons (Fsp3) is 0.250. The molecule has 0 aliphatic heterocycles. The maximum atomic E-state index is 10.7. The first kappa shape index (κ1) is 23.6. The molecule has 0 unspecified atom stereocenters. The molecule has 0 aliphatic carbocycles. The number of hydrogen-bond acceptors (Lipinski definition) is 4. The smallest absolute Gasteiger partial charge is 0.229 e. The molecule has 10 heteroatoms. The third-order valence-electron chi connectivity index (χ3n) is 3.09. The standard InChI is InChI=1S/C8H8BrClO2S.C8H10BrNO2S/c2*9-8-3-1-2-7(6-8)4-5-13(10,11)12/h1-3,6H,4-5H2;1-3,6H,4-5H2,(H2,10,11,12). The first-order chi connectivity index (χ1) is 11.9. The van der Waals surface area contributed by atoms with Gasteiger partial charge in [0, 0.05) is 19.6 Å². The minimum Gasteiger partial charge on any atom is -0.229 e. The maximum Gasteiger partial charge on any atom is 0.232 e. The van der Waals surface area contributed by atoms with Gasteiger partial charge in [0.2, 0.25) is 19.1 Å². The van der Waals surface area contributed by atoms with Crippen LogP contribution in [-0.4, -0.2) is 28.3 Å². The van der Waals surface area contributed by atoms with E-state index in [0.717, 1.165) is 20.1 Å². The third kappa shape index (κ3) is 12.0. The van der Waals surface area contributed by atoms with E-state index in [-0.39, 0.29) is 11.5 Å². The molecule has 0 atom stereocenters. The van der Waals surface area contributed by atoms with Crippen LogP contribution in [0, 0.1) is 0 Å². The highest BCUT2D eigenvalue weighted by molar-refractivity contribution is 9.10. The summed E-state index contributed by atoms with van der Waals surface area (Å²) in [4.78, 5) is 0. The molecular formula is C16H18Br2ClNO4S2. The van der Waals surface area contributed by atoms with Gasteiger partial charge in [0.25, 0.3) is 0 Å². The van der Waals surface area contributed by atoms with Crippen LogP contribution in [0.4, 0.5) is 0 Å². The molecule has 2 aromatic rings. The number of halogens is 3. The zero-order valence-electron chi connectivity index (χ0n) is 13.6. The van der Waals surface area contributed by atoms with Crippen LogP contribution in [-0.2, 0) is 31.9 Å². The number of hydrogen-bond donors (Lipinski definition) is 1. The number of aryl methyl sites for hydroxylation is 2. The molecule has 0 saturated carbocycles. The average molecular weight is 548 g/mol. The quantitative estimate of drug-likeness (QED) is 0.556. The van der Waals surface area contributed by atoms with Crippen molar-refractivity contribution in [3.05, 3.63) is 68.6 Å². The number of primary sulfonamides is 1. The zero-order valence-corrected chi connectivity index (χ0v) is 19.2. The van der Waals surface area contributed by atoms with E-state index in [2.05, 4.69) is 31.9 Å². The highest BCUT2D eigenvalue weighted by atomic mass is 79.9. The zero-order chi connectivity index (χ0) is 19.8. The Balaban J connectivity index is 0.000000260. The molecule has 144 valence electrons. The molecule has 0 radical (unpaired) electrons. The van der Waals surface area contributed by atoms with Crippen molar-refractivity contribution < 1.29 is 16.8 Å². The van der Waals surface area contributed by atoms with E-state index < -0.39 is 19.1 Å². The molecule has 5 nitrogen and oxygen atoms in total. The van der Waals surface area contributed by atoms with Crippen molar-refractivity contribution in [1.29, 1.82) is 0 Å². The molecular weight excluding hydrogens is 530 g/mol. The van der Waals surface area contributed by atoms with Gasteiger partial charge in [-0.2, -0.15) is 0 Å². The molecule has 0 heterocycles. The van der Waals surface area contributed by atoms with Crippen LogP contribution >= 0.6 is 42.5 Å². The maximum absolute atomic E-state index is 10.7. The van der Waals surface area contributed by atoms with E-state index in [1.165, 1.54) is 0 Å². The van der Waals surface area contributed by atoms with Gasteiger partial charge in [-0.25, -0.2) is 22.0 Å². The number of sulfonamides is 1. The van der Waals surface area contributed by atoms with E-state index >= 15 is 0 Å². The fourth-order valence-corrected chi connectivity index (χ4v) is 4.01. The van der Waals surface area contributed by atoms with E-state index in [1.54, 1.807) is 0 Å². The summed E-state index contributed by atoms with van der Waals surface area (Å²) in [5.41, 5.74) is 1.92. The number of benzene rings is 2. The Hall–Kier alpha value is -0.450. The lowest BCUT2D eigenvalue weighted by Gasteiger charge is -1.99. The van der Waals surface area contributed by atoms with Crippen LogP contribution in [0.15, 0.2) is 57.5 Å². The Kier molecular flexibility index (Phi) is 9.77. The van der Waals surface area contributed by atoms with Crippen molar-refractivity contribution >= 4 is 61.6 Å². The van der Waals surface area contributed by atoms with Crippen molar-refractivity contribution in [3.63, 3.8) is 0 Å². The van der Waals surface area contributed by atoms with Crippen LogP contribution in [0.5, 0.6) is 0 Å². The van der Waals surface area contributed by atoms with Crippen molar-refractivity contribution in [2.75, 3.05) is 11.5 Å². The Bertz CT molecular complexity index is 857. The second-order valence-corrected chi connectivity index (χ2v) is 11.8. The summed E-state index contributed by atoms with van der Waals surface area (Å²) < 4.78 is 44.5. The number of rotatable bonds is 6.